The minimum absolute atomic E-state index is 0.0816. The van der Waals surface area contributed by atoms with Crippen LogP contribution in [0.5, 0.6) is 0 Å². The van der Waals surface area contributed by atoms with Crippen molar-refractivity contribution in [2.45, 2.75) is 19.8 Å². The highest BCUT2D eigenvalue weighted by molar-refractivity contribution is 14.1. The van der Waals surface area contributed by atoms with Crippen LogP contribution in [0.4, 0.5) is 0 Å². The third kappa shape index (κ3) is 3.42. The van der Waals surface area contributed by atoms with Crippen LogP contribution in [0, 0.1) is 8.99 Å². The Kier molecular flexibility index (Phi) is 4.50. The van der Waals surface area contributed by atoms with Crippen molar-refractivity contribution in [3.05, 3.63) is 33.4 Å². The molecule has 0 aliphatic carbocycles. The Morgan fingerprint density at radius 3 is 2.06 bits per heavy atom. The van der Waals surface area contributed by atoms with Crippen molar-refractivity contribution in [2.24, 2.45) is 5.41 Å². The van der Waals surface area contributed by atoms with Gasteiger partial charge in [0.1, 0.15) is 0 Å². The molecule has 92 valence electrons. The van der Waals surface area contributed by atoms with Crippen molar-refractivity contribution in [3.8, 4) is 0 Å². The van der Waals surface area contributed by atoms with E-state index >= 15 is 0 Å². The molecule has 2 N–H and O–H groups in total. The van der Waals surface area contributed by atoms with Crippen molar-refractivity contribution >= 4 is 34.5 Å². The largest absolute Gasteiger partial charge is 0.480 e. The molecule has 0 radical (unpaired) electrons. The Morgan fingerprint density at radius 2 is 1.65 bits per heavy atom. The van der Waals surface area contributed by atoms with E-state index in [9.17, 15) is 9.59 Å². The van der Waals surface area contributed by atoms with E-state index in [0.717, 1.165) is 9.13 Å². The van der Waals surface area contributed by atoms with Gasteiger partial charge in [0, 0.05) is 3.57 Å². The number of carbonyl (C=O) groups is 2. The third-order valence-corrected chi connectivity index (χ3v) is 3.49. The molecular formula is C12H13IO4. The first kappa shape index (κ1) is 14.0. The molecule has 0 aliphatic rings. The van der Waals surface area contributed by atoms with Gasteiger partial charge in [-0.25, -0.2) is 0 Å². The number of rotatable bonds is 5. The van der Waals surface area contributed by atoms with Crippen molar-refractivity contribution < 1.29 is 19.8 Å². The second-order valence-electron chi connectivity index (χ2n) is 4.07. The van der Waals surface area contributed by atoms with Crippen LogP contribution in [0.3, 0.4) is 0 Å². The van der Waals surface area contributed by atoms with Gasteiger partial charge in [0.15, 0.2) is 5.41 Å². The standard InChI is InChI=1S/C12H13IO4/c1-12(10(14)15,11(16)17)7-6-8-2-4-9(13)5-3-8/h2-5H,6-7H2,1H3,(H,14,15)(H,16,17). The molecule has 1 aromatic rings. The van der Waals surface area contributed by atoms with Crippen molar-refractivity contribution in [1.82, 2.24) is 0 Å². The molecule has 1 aromatic carbocycles. The fraction of sp³-hybridized carbons (Fsp3) is 0.333. The molecule has 0 aliphatic heterocycles. The van der Waals surface area contributed by atoms with Gasteiger partial charge in [0.2, 0.25) is 0 Å². The van der Waals surface area contributed by atoms with Crippen LogP contribution in [0.2, 0.25) is 0 Å². The molecule has 17 heavy (non-hydrogen) atoms. The molecule has 0 amide bonds. The highest BCUT2D eigenvalue weighted by atomic mass is 127. The molecule has 0 unspecified atom stereocenters. The summed E-state index contributed by atoms with van der Waals surface area (Å²) in [5, 5.41) is 17.9. The van der Waals surface area contributed by atoms with Crippen LogP contribution in [0.15, 0.2) is 24.3 Å². The molecule has 0 atom stereocenters. The van der Waals surface area contributed by atoms with E-state index in [0.29, 0.717) is 6.42 Å². The fourth-order valence-corrected chi connectivity index (χ4v) is 1.71. The van der Waals surface area contributed by atoms with Gasteiger partial charge < -0.3 is 10.2 Å². The van der Waals surface area contributed by atoms with Crippen LogP contribution in [-0.2, 0) is 16.0 Å². The van der Waals surface area contributed by atoms with Gasteiger partial charge in [0.25, 0.3) is 0 Å². The Morgan fingerprint density at radius 1 is 1.18 bits per heavy atom. The third-order valence-electron chi connectivity index (χ3n) is 2.77. The first-order chi connectivity index (χ1) is 7.86. The molecule has 0 aromatic heterocycles. The maximum Gasteiger partial charge on any atom is 0.320 e. The first-order valence-corrected chi connectivity index (χ1v) is 6.15. The predicted molar refractivity (Wildman–Crippen MR) is 70.9 cm³/mol. The lowest BCUT2D eigenvalue weighted by Crippen LogP contribution is -2.36. The van der Waals surface area contributed by atoms with Gasteiger partial charge in [-0.2, -0.15) is 0 Å². The maximum atomic E-state index is 11.0. The lowest BCUT2D eigenvalue weighted by atomic mass is 9.84. The minimum atomic E-state index is -1.72. The normalized spacial score (nSPS) is 11.2. The van der Waals surface area contributed by atoms with E-state index in [-0.39, 0.29) is 6.42 Å². The number of halogens is 1. The monoisotopic (exact) mass is 348 g/mol. The van der Waals surface area contributed by atoms with Crippen molar-refractivity contribution in [2.75, 3.05) is 0 Å². The summed E-state index contributed by atoms with van der Waals surface area (Å²) >= 11 is 2.17. The van der Waals surface area contributed by atoms with Gasteiger partial charge in [-0.05, 0) is 60.1 Å². The number of hydrogen-bond donors (Lipinski definition) is 2. The molecule has 1 rings (SSSR count). The molecule has 0 spiro atoms. The summed E-state index contributed by atoms with van der Waals surface area (Å²) in [5.41, 5.74) is -0.776. The molecule has 5 heteroatoms. The van der Waals surface area contributed by atoms with E-state index in [2.05, 4.69) is 22.6 Å². The van der Waals surface area contributed by atoms with E-state index < -0.39 is 17.4 Å². The summed E-state index contributed by atoms with van der Waals surface area (Å²) in [4.78, 5) is 21.9. The van der Waals surface area contributed by atoms with Crippen LogP contribution in [-0.4, -0.2) is 22.2 Å². The number of aliphatic carboxylic acids is 2. The number of benzene rings is 1. The molecule has 4 nitrogen and oxygen atoms in total. The highest BCUT2D eigenvalue weighted by Crippen LogP contribution is 2.24. The van der Waals surface area contributed by atoms with Crippen LogP contribution < -0.4 is 0 Å². The SMILES string of the molecule is CC(CCc1ccc(I)cc1)(C(=O)O)C(=O)O. The second-order valence-corrected chi connectivity index (χ2v) is 5.31. The first-order valence-electron chi connectivity index (χ1n) is 5.07. The van der Waals surface area contributed by atoms with Gasteiger partial charge in [-0.1, -0.05) is 12.1 Å². The summed E-state index contributed by atoms with van der Waals surface area (Å²) in [6.45, 7) is 1.24. The van der Waals surface area contributed by atoms with Crippen molar-refractivity contribution in [3.63, 3.8) is 0 Å². The number of carboxylic acids is 2. The van der Waals surface area contributed by atoms with E-state index in [4.69, 9.17) is 10.2 Å². The van der Waals surface area contributed by atoms with Gasteiger partial charge in [-0.3, -0.25) is 9.59 Å². The molecule has 0 saturated heterocycles. The highest BCUT2D eigenvalue weighted by Gasteiger charge is 2.40. The topological polar surface area (TPSA) is 74.6 Å². The average Bonchev–Trinajstić information content (AvgIpc) is 2.27. The zero-order valence-electron chi connectivity index (χ0n) is 9.31. The maximum absolute atomic E-state index is 11.0. The predicted octanol–water partition coefficient (Wildman–Crippen LogP) is 2.40. The fourth-order valence-electron chi connectivity index (χ4n) is 1.35. The summed E-state index contributed by atoms with van der Waals surface area (Å²) in [6, 6.07) is 7.58. The summed E-state index contributed by atoms with van der Waals surface area (Å²) in [5.74, 6) is -2.59. The second kappa shape index (κ2) is 5.48. The Bertz CT molecular complexity index is 411. The molecule has 0 bridgehead atoms. The van der Waals surface area contributed by atoms with E-state index in [1.165, 1.54) is 6.92 Å². The molecule has 0 fully saturated rings. The van der Waals surface area contributed by atoms with Gasteiger partial charge in [-0.15, -0.1) is 0 Å². The lowest BCUT2D eigenvalue weighted by Gasteiger charge is -2.19. The summed E-state index contributed by atoms with van der Waals surface area (Å²) in [7, 11) is 0. The van der Waals surface area contributed by atoms with E-state index in [1.807, 2.05) is 24.3 Å². The quantitative estimate of drug-likeness (QED) is 0.633. The van der Waals surface area contributed by atoms with Gasteiger partial charge in [0.05, 0.1) is 0 Å². The summed E-state index contributed by atoms with van der Waals surface area (Å²) < 4.78 is 1.09. The molecule has 0 heterocycles. The molecule has 0 saturated carbocycles. The van der Waals surface area contributed by atoms with E-state index in [1.54, 1.807) is 0 Å². The number of hydrogen-bond acceptors (Lipinski definition) is 2. The zero-order chi connectivity index (χ0) is 13.1. The van der Waals surface area contributed by atoms with Crippen molar-refractivity contribution in [1.29, 1.82) is 0 Å². The average molecular weight is 348 g/mol. The van der Waals surface area contributed by atoms with Crippen LogP contribution in [0.25, 0.3) is 0 Å². The van der Waals surface area contributed by atoms with Crippen LogP contribution in [0.1, 0.15) is 18.9 Å². The Balaban J connectivity index is 2.74. The summed E-state index contributed by atoms with van der Waals surface area (Å²) in [6.07, 6.45) is 0.518. The Labute approximate surface area is 113 Å². The van der Waals surface area contributed by atoms with Crippen LogP contribution >= 0.6 is 22.6 Å². The number of aryl methyl sites for hydroxylation is 1. The van der Waals surface area contributed by atoms with Gasteiger partial charge >= 0.3 is 11.9 Å². The number of carboxylic acid groups (broad SMARTS) is 2. The minimum Gasteiger partial charge on any atom is -0.480 e. The zero-order valence-corrected chi connectivity index (χ0v) is 11.5. The lowest BCUT2D eigenvalue weighted by molar-refractivity contribution is -0.163. The molecular weight excluding hydrogens is 335 g/mol. The Hall–Kier alpha value is -1.11. The smallest absolute Gasteiger partial charge is 0.320 e.